The largest absolute Gasteiger partial charge is 0.493 e. The molecule has 34 heavy (non-hydrogen) atoms. The normalized spacial score (nSPS) is 15.0. The Bertz CT molecular complexity index is 1600. The van der Waals surface area contributed by atoms with Crippen LogP contribution in [-0.4, -0.2) is 29.2 Å². The van der Waals surface area contributed by atoms with Crippen molar-refractivity contribution in [2.75, 3.05) is 0 Å². The molecule has 1 unspecified atom stereocenters. The molecule has 0 saturated carbocycles. The van der Waals surface area contributed by atoms with Crippen molar-refractivity contribution < 1.29 is 5.11 Å². The maximum atomic E-state index is 13.6. The molecule has 2 aromatic carbocycles. The number of hydrogen-bond donors (Lipinski definition) is 2. The standard InChI is InChI=1S/C26H22BrN5O2/c1-14(2)31-25(33)22-10-20-19-9-18(27)7-8-21(19)30-23(20)24(32(22)26(31)34)16-5-3-15(4-6-16)17-11-28-13-29-12-17/h3-9,11-14,24,30,33H,10H2,1-2H3. The van der Waals surface area contributed by atoms with Gasteiger partial charge in [-0.3, -0.25) is 9.13 Å². The molecule has 1 aliphatic heterocycles. The molecule has 5 aromatic rings. The third-order valence-electron chi connectivity index (χ3n) is 6.60. The monoisotopic (exact) mass is 515 g/mol. The molecule has 7 nitrogen and oxygen atoms in total. The van der Waals surface area contributed by atoms with Crippen molar-refractivity contribution in [1.82, 2.24) is 24.1 Å². The zero-order chi connectivity index (χ0) is 23.6. The molecule has 0 spiro atoms. The van der Waals surface area contributed by atoms with Gasteiger partial charge in [0, 0.05) is 51.5 Å². The van der Waals surface area contributed by atoms with Gasteiger partial charge in [-0.15, -0.1) is 0 Å². The second kappa shape index (κ2) is 7.70. The average Bonchev–Trinajstić information content (AvgIpc) is 3.32. The molecule has 4 heterocycles. The maximum Gasteiger partial charge on any atom is 0.332 e. The number of hydrogen-bond acceptors (Lipinski definition) is 4. The van der Waals surface area contributed by atoms with Crippen LogP contribution in [0.1, 0.15) is 48.4 Å². The average molecular weight is 516 g/mol. The first kappa shape index (κ1) is 20.9. The van der Waals surface area contributed by atoms with E-state index in [-0.39, 0.29) is 23.7 Å². The van der Waals surface area contributed by atoms with E-state index in [9.17, 15) is 9.90 Å². The molecular weight excluding hydrogens is 494 g/mol. The molecule has 6 rings (SSSR count). The van der Waals surface area contributed by atoms with Crippen molar-refractivity contribution in [2.45, 2.75) is 32.4 Å². The molecule has 2 N–H and O–H groups in total. The Balaban J connectivity index is 1.59. The van der Waals surface area contributed by atoms with Gasteiger partial charge >= 0.3 is 5.69 Å². The van der Waals surface area contributed by atoms with Crippen LogP contribution in [-0.2, 0) is 6.42 Å². The fourth-order valence-electron chi connectivity index (χ4n) is 5.05. The first-order chi connectivity index (χ1) is 16.4. The number of halogens is 1. The number of aromatic amines is 1. The number of nitrogens with zero attached hydrogens (tertiary/aromatic N) is 4. The van der Waals surface area contributed by atoms with E-state index < -0.39 is 0 Å². The molecule has 3 aromatic heterocycles. The van der Waals surface area contributed by atoms with E-state index in [2.05, 4.69) is 36.9 Å². The highest BCUT2D eigenvalue weighted by molar-refractivity contribution is 9.10. The Morgan fingerprint density at radius 1 is 1.09 bits per heavy atom. The van der Waals surface area contributed by atoms with Crippen LogP contribution in [0.5, 0.6) is 5.88 Å². The third-order valence-corrected chi connectivity index (χ3v) is 7.10. The van der Waals surface area contributed by atoms with Gasteiger partial charge in [-0.05, 0) is 48.7 Å². The molecule has 8 heteroatoms. The topological polar surface area (TPSA) is 88.7 Å². The van der Waals surface area contributed by atoms with Crippen molar-refractivity contribution in [1.29, 1.82) is 0 Å². The van der Waals surface area contributed by atoms with Gasteiger partial charge in [-0.25, -0.2) is 14.8 Å². The summed E-state index contributed by atoms with van der Waals surface area (Å²) in [5.74, 6) is 0.0399. The van der Waals surface area contributed by atoms with E-state index in [1.807, 2.05) is 50.2 Å². The molecule has 0 aliphatic carbocycles. The first-order valence-electron chi connectivity index (χ1n) is 11.1. The Morgan fingerprint density at radius 2 is 1.82 bits per heavy atom. The van der Waals surface area contributed by atoms with Gasteiger partial charge in [-0.2, -0.15) is 0 Å². The van der Waals surface area contributed by atoms with Crippen molar-refractivity contribution in [3.63, 3.8) is 0 Å². The van der Waals surface area contributed by atoms with Crippen LogP contribution < -0.4 is 5.69 Å². The summed E-state index contributed by atoms with van der Waals surface area (Å²) in [4.78, 5) is 25.3. The lowest BCUT2D eigenvalue weighted by molar-refractivity contribution is 0.391. The molecule has 1 aliphatic rings. The van der Waals surface area contributed by atoms with E-state index in [4.69, 9.17) is 0 Å². The number of benzene rings is 2. The van der Waals surface area contributed by atoms with Crippen LogP contribution in [0, 0.1) is 0 Å². The minimum atomic E-state index is -0.385. The number of H-pyrrole nitrogens is 1. The summed E-state index contributed by atoms with van der Waals surface area (Å²) in [6.45, 7) is 3.81. The zero-order valence-corrected chi connectivity index (χ0v) is 20.2. The number of nitrogens with one attached hydrogen (secondary N) is 1. The number of imidazole rings is 1. The smallest absolute Gasteiger partial charge is 0.332 e. The van der Waals surface area contributed by atoms with Crippen LogP contribution in [0.3, 0.4) is 0 Å². The number of rotatable bonds is 3. The molecule has 0 fully saturated rings. The predicted octanol–water partition coefficient (Wildman–Crippen LogP) is 5.18. The molecule has 0 amide bonds. The fourth-order valence-corrected chi connectivity index (χ4v) is 5.41. The Hall–Kier alpha value is -3.65. The molecule has 0 radical (unpaired) electrons. The lowest BCUT2D eigenvalue weighted by Crippen LogP contribution is -2.32. The van der Waals surface area contributed by atoms with Gasteiger partial charge in [0.2, 0.25) is 5.88 Å². The Labute approximate surface area is 203 Å². The highest BCUT2D eigenvalue weighted by Gasteiger charge is 2.35. The molecule has 0 saturated heterocycles. The quantitative estimate of drug-likeness (QED) is 0.339. The predicted molar refractivity (Wildman–Crippen MR) is 134 cm³/mol. The van der Waals surface area contributed by atoms with Gasteiger partial charge in [0.1, 0.15) is 12.4 Å². The van der Waals surface area contributed by atoms with Crippen LogP contribution in [0.2, 0.25) is 0 Å². The summed E-state index contributed by atoms with van der Waals surface area (Å²) in [6, 6.07) is 13.7. The number of aromatic nitrogens is 5. The van der Waals surface area contributed by atoms with Crippen molar-refractivity contribution >= 4 is 26.8 Å². The van der Waals surface area contributed by atoms with E-state index in [0.29, 0.717) is 12.1 Å². The third kappa shape index (κ3) is 3.05. The minimum absolute atomic E-state index is 0.0399. The molecule has 170 valence electrons. The van der Waals surface area contributed by atoms with Gasteiger partial charge < -0.3 is 10.1 Å². The molecular formula is C26H22BrN5O2. The van der Waals surface area contributed by atoms with Crippen molar-refractivity contribution in [3.05, 3.63) is 98.7 Å². The fraction of sp³-hybridized carbons (Fsp3) is 0.192. The van der Waals surface area contributed by atoms with Gasteiger partial charge in [0.25, 0.3) is 0 Å². The SMILES string of the molecule is CC(C)n1c(O)c2n(c1=O)C(c1ccc(-c3cncnc3)cc1)c1[nH]c3ccc(Br)cc3c1C2. The summed E-state index contributed by atoms with van der Waals surface area (Å²) in [7, 11) is 0. The highest BCUT2D eigenvalue weighted by atomic mass is 79.9. The number of aromatic hydroxyl groups is 1. The van der Waals surface area contributed by atoms with E-state index in [1.54, 1.807) is 17.0 Å². The summed E-state index contributed by atoms with van der Waals surface area (Å²) in [6.07, 6.45) is 5.54. The number of fused-ring (bicyclic) bond motifs is 4. The van der Waals surface area contributed by atoms with Crippen LogP contribution in [0.15, 0.2) is 70.5 Å². The lowest BCUT2D eigenvalue weighted by atomic mass is 9.92. The summed E-state index contributed by atoms with van der Waals surface area (Å²) in [5, 5.41) is 12.2. The Morgan fingerprint density at radius 3 is 2.53 bits per heavy atom. The van der Waals surface area contributed by atoms with Crippen LogP contribution in [0.4, 0.5) is 0 Å². The molecule has 0 bridgehead atoms. The maximum absolute atomic E-state index is 13.6. The zero-order valence-electron chi connectivity index (χ0n) is 18.7. The van der Waals surface area contributed by atoms with Crippen molar-refractivity contribution in [2.24, 2.45) is 0 Å². The molecule has 1 atom stereocenters. The summed E-state index contributed by atoms with van der Waals surface area (Å²) < 4.78 is 4.20. The van der Waals surface area contributed by atoms with Gasteiger partial charge in [-0.1, -0.05) is 40.2 Å². The first-order valence-corrected chi connectivity index (χ1v) is 11.9. The second-order valence-corrected chi connectivity index (χ2v) is 9.84. The van der Waals surface area contributed by atoms with E-state index in [1.165, 1.54) is 10.9 Å². The van der Waals surface area contributed by atoms with Gasteiger partial charge in [0.05, 0.1) is 5.69 Å². The summed E-state index contributed by atoms with van der Waals surface area (Å²) >= 11 is 3.58. The van der Waals surface area contributed by atoms with Crippen LogP contribution in [0.25, 0.3) is 22.0 Å². The highest BCUT2D eigenvalue weighted by Crippen LogP contribution is 2.42. The van der Waals surface area contributed by atoms with E-state index >= 15 is 0 Å². The van der Waals surface area contributed by atoms with Gasteiger partial charge in [0.15, 0.2) is 0 Å². The minimum Gasteiger partial charge on any atom is -0.493 e. The lowest BCUT2D eigenvalue weighted by Gasteiger charge is -2.26. The Kier molecular flexibility index (Phi) is 4.74. The van der Waals surface area contributed by atoms with Crippen molar-refractivity contribution in [3.8, 4) is 17.0 Å². The van der Waals surface area contributed by atoms with Crippen LogP contribution >= 0.6 is 15.9 Å². The van der Waals surface area contributed by atoms with E-state index in [0.717, 1.165) is 43.3 Å². The summed E-state index contributed by atoms with van der Waals surface area (Å²) in [5.41, 5.74) is 6.38. The second-order valence-electron chi connectivity index (χ2n) is 8.92.